The molecule has 0 aromatic heterocycles. The fraction of sp³-hybridized carbons (Fsp3) is 0.750. The Bertz CT molecular complexity index is 73.0. The van der Waals surface area contributed by atoms with E-state index >= 15 is 0 Å². The highest BCUT2D eigenvalue weighted by Crippen LogP contribution is 1.77. The molecule has 0 fully saturated rings. The maximum absolute atomic E-state index is 7.92. The van der Waals surface area contributed by atoms with E-state index in [1.54, 1.807) is 6.92 Å². The molecule has 0 bridgehead atoms. The fourth-order valence-electron chi connectivity index (χ4n) is 0. The fourth-order valence-corrected chi connectivity index (χ4v) is 0. The smallest absolute Gasteiger partial charge is 0.151 e. The van der Waals surface area contributed by atoms with Crippen LogP contribution < -0.4 is 5.73 Å². The minimum absolute atomic E-state index is 0.194. The zero-order chi connectivity index (χ0) is 7.86. The van der Waals surface area contributed by atoms with E-state index in [0.717, 1.165) is 0 Å². The first kappa shape index (κ1) is 11.9. The van der Waals surface area contributed by atoms with Gasteiger partial charge in [-0.05, 0) is 6.42 Å². The summed E-state index contributed by atoms with van der Waals surface area (Å²) in [6.07, 6.45) is -0.699. The van der Waals surface area contributed by atoms with Gasteiger partial charge in [0.1, 0.15) is 4.32 Å². The van der Waals surface area contributed by atoms with Crippen LogP contribution in [0.3, 0.4) is 0 Å². The highest BCUT2D eigenvalue weighted by molar-refractivity contribution is 8.10. The van der Waals surface area contributed by atoms with E-state index < -0.39 is 6.29 Å². The first-order valence-electron chi connectivity index (χ1n) is 2.35. The maximum atomic E-state index is 7.92. The molecule has 56 valence electrons. The molecule has 3 nitrogen and oxygen atoms in total. The van der Waals surface area contributed by atoms with E-state index in [4.69, 9.17) is 15.9 Å². The molecule has 0 aromatic carbocycles. The number of hydrogen-bond acceptors (Lipinski definition) is 3. The quantitative estimate of drug-likeness (QED) is 0.251. The summed E-state index contributed by atoms with van der Waals surface area (Å²) in [6.45, 7) is 1.70. The van der Waals surface area contributed by atoms with Crippen LogP contribution in [0.15, 0.2) is 0 Å². The molecule has 0 aromatic rings. The molecule has 5 heteroatoms. The molecule has 0 atom stereocenters. The van der Waals surface area contributed by atoms with Gasteiger partial charge in [0, 0.05) is 0 Å². The van der Waals surface area contributed by atoms with Gasteiger partial charge in [-0.15, -0.1) is 12.6 Å². The molecule has 0 radical (unpaired) electrons. The number of nitrogens with two attached hydrogens (primary N) is 1. The Morgan fingerprint density at radius 2 is 1.89 bits per heavy atom. The molecular weight excluding hydrogens is 158 g/mol. The molecule has 0 rings (SSSR count). The lowest BCUT2D eigenvalue weighted by atomic mass is 10.5. The monoisotopic (exact) mass is 169 g/mol. The molecule has 0 aliphatic rings. The number of aliphatic hydroxyl groups excluding tert-OH is 1. The van der Waals surface area contributed by atoms with Crippen molar-refractivity contribution in [2.24, 2.45) is 5.73 Å². The summed E-state index contributed by atoms with van der Waals surface area (Å²) in [6, 6.07) is 0. The van der Waals surface area contributed by atoms with Gasteiger partial charge in [0.05, 0.1) is 0 Å². The minimum Gasteiger partial charge on any atom is -0.385 e. The highest BCUT2D eigenvalue weighted by Gasteiger charge is 1.83. The van der Waals surface area contributed by atoms with Gasteiger partial charge in [-0.1, -0.05) is 19.1 Å². The molecule has 0 spiro atoms. The highest BCUT2D eigenvalue weighted by atomic mass is 32.1. The van der Waals surface area contributed by atoms with Crippen LogP contribution in [-0.2, 0) is 0 Å². The van der Waals surface area contributed by atoms with Crippen molar-refractivity contribution in [2.45, 2.75) is 19.6 Å². The molecule has 0 amide bonds. The van der Waals surface area contributed by atoms with E-state index in [0.29, 0.717) is 6.42 Å². The van der Waals surface area contributed by atoms with Crippen LogP contribution >= 0.6 is 24.8 Å². The number of aliphatic hydroxyl groups is 2. The largest absolute Gasteiger partial charge is 0.385 e. The van der Waals surface area contributed by atoms with E-state index in [9.17, 15) is 0 Å². The molecule has 0 aliphatic carbocycles. The zero-order valence-corrected chi connectivity index (χ0v) is 6.82. The van der Waals surface area contributed by atoms with Gasteiger partial charge in [-0.3, -0.25) is 0 Å². The van der Waals surface area contributed by atoms with Crippen molar-refractivity contribution in [1.29, 1.82) is 0 Å². The summed E-state index contributed by atoms with van der Waals surface area (Å²) in [5.41, 5.74) is 4.71. The third kappa shape index (κ3) is 66.4. The van der Waals surface area contributed by atoms with Gasteiger partial charge >= 0.3 is 0 Å². The van der Waals surface area contributed by atoms with Crippen molar-refractivity contribution in [3.63, 3.8) is 0 Å². The van der Waals surface area contributed by atoms with Gasteiger partial charge in [-0.2, -0.15) is 0 Å². The SMILES string of the molecule is CCC(O)O.NC(=S)S. The van der Waals surface area contributed by atoms with E-state index in [1.165, 1.54) is 0 Å². The van der Waals surface area contributed by atoms with Crippen molar-refractivity contribution in [3.05, 3.63) is 0 Å². The molecule has 0 heterocycles. The predicted molar refractivity (Wildman–Crippen MR) is 44.3 cm³/mol. The zero-order valence-electron chi connectivity index (χ0n) is 5.11. The van der Waals surface area contributed by atoms with E-state index in [1.807, 2.05) is 0 Å². The van der Waals surface area contributed by atoms with Crippen molar-refractivity contribution in [2.75, 3.05) is 0 Å². The van der Waals surface area contributed by atoms with Crippen molar-refractivity contribution in [3.8, 4) is 0 Å². The topological polar surface area (TPSA) is 66.5 Å². The summed E-state index contributed by atoms with van der Waals surface area (Å²) in [5.74, 6) is 0. The van der Waals surface area contributed by atoms with Gasteiger partial charge in [0.2, 0.25) is 0 Å². The van der Waals surface area contributed by atoms with Crippen LogP contribution in [0.5, 0.6) is 0 Å². The van der Waals surface area contributed by atoms with E-state index in [2.05, 4.69) is 24.8 Å². The number of thiocarbonyl (C=S) groups is 1. The molecule has 4 N–H and O–H groups in total. The Hall–Kier alpha value is 0.160. The maximum Gasteiger partial charge on any atom is 0.151 e. The lowest BCUT2D eigenvalue weighted by Gasteiger charge is -1.90. The Morgan fingerprint density at radius 1 is 1.78 bits per heavy atom. The Kier molecular flexibility index (Phi) is 10.8. The van der Waals surface area contributed by atoms with Gasteiger partial charge < -0.3 is 15.9 Å². The normalized spacial score (nSPS) is 8.11. The van der Waals surface area contributed by atoms with Gasteiger partial charge in [0.15, 0.2) is 6.29 Å². The predicted octanol–water partition coefficient (Wildman–Crippen LogP) is -0.133. The lowest BCUT2D eigenvalue weighted by Crippen LogP contribution is -1.99. The molecular formula is C4H11NO2S2. The van der Waals surface area contributed by atoms with Crippen LogP contribution in [-0.4, -0.2) is 20.8 Å². The standard InChI is InChI=1S/C3H8O2.CH3NS2/c1-2-3(4)5;2-1(3)4/h3-5H,2H2,1H3;(H3,2,3,4). The molecule has 0 saturated heterocycles. The Morgan fingerprint density at radius 3 is 1.89 bits per heavy atom. The molecule has 0 unspecified atom stereocenters. The van der Waals surface area contributed by atoms with Gasteiger partial charge in [0.25, 0.3) is 0 Å². The van der Waals surface area contributed by atoms with Crippen LogP contribution in [0.2, 0.25) is 0 Å². The number of rotatable bonds is 1. The van der Waals surface area contributed by atoms with Crippen LogP contribution in [0.1, 0.15) is 13.3 Å². The molecule has 9 heavy (non-hydrogen) atoms. The van der Waals surface area contributed by atoms with E-state index in [-0.39, 0.29) is 4.32 Å². The number of hydrogen-bond donors (Lipinski definition) is 4. The van der Waals surface area contributed by atoms with Crippen LogP contribution in [0.4, 0.5) is 0 Å². The Balaban J connectivity index is 0. The van der Waals surface area contributed by atoms with Crippen molar-refractivity contribution >= 4 is 29.2 Å². The Labute approximate surface area is 65.3 Å². The second kappa shape index (κ2) is 8.16. The van der Waals surface area contributed by atoms with Crippen LogP contribution in [0, 0.1) is 0 Å². The molecule has 0 aliphatic heterocycles. The third-order valence-electron chi connectivity index (χ3n) is 0.365. The molecule has 0 saturated carbocycles. The second-order valence-electron chi connectivity index (χ2n) is 1.23. The summed E-state index contributed by atoms with van der Waals surface area (Å²) in [4.78, 5) is 0. The van der Waals surface area contributed by atoms with Gasteiger partial charge in [-0.25, -0.2) is 0 Å². The minimum atomic E-state index is -1.12. The lowest BCUT2D eigenvalue weighted by molar-refractivity contribution is -0.0413. The summed E-state index contributed by atoms with van der Waals surface area (Å²) < 4.78 is 0.194. The first-order chi connectivity index (χ1) is 4.00. The average molecular weight is 169 g/mol. The number of thiol groups is 1. The van der Waals surface area contributed by atoms with Crippen LogP contribution in [0.25, 0.3) is 0 Å². The summed E-state index contributed by atoms with van der Waals surface area (Å²) >= 11 is 7.65. The summed E-state index contributed by atoms with van der Waals surface area (Å²) in [7, 11) is 0. The third-order valence-corrected chi connectivity index (χ3v) is 0.365. The summed E-state index contributed by atoms with van der Waals surface area (Å²) in [5, 5.41) is 15.8. The second-order valence-corrected chi connectivity index (χ2v) is 2.45. The van der Waals surface area contributed by atoms with Crippen molar-refractivity contribution < 1.29 is 10.2 Å². The van der Waals surface area contributed by atoms with Crippen molar-refractivity contribution in [1.82, 2.24) is 0 Å². The first-order valence-corrected chi connectivity index (χ1v) is 3.20. The average Bonchev–Trinajstić information content (AvgIpc) is 1.65.